The Bertz CT molecular complexity index is 858. The molecule has 0 spiro atoms. The number of hydrogen-bond acceptors (Lipinski definition) is 7. The summed E-state index contributed by atoms with van der Waals surface area (Å²) in [5.74, 6) is 0.444. The number of anilines is 1. The fraction of sp³-hybridized carbons (Fsp3) is 0.188. The molecule has 0 saturated carbocycles. The molecule has 0 bridgehead atoms. The Hall–Kier alpha value is -2.38. The molecule has 0 atom stereocenters. The Balaban J connectivity index is 1.68. The standard InChI is InChI=1S/C16H14ClN3O3S/c1-9-14(15(18-2)24-20-9)16(21)22-8-13-19-7-12(23-13)10-3-5-11(17)6-4-10/h3-7,18H,8H2,1-2H3. The van der Waals surface area contributed by atoms with E-state index in [4.69, 9.17) is 20.8 Å². The van der Waals surface area contributed by atoms with Crippen LogP contribution in [0.4, 0.5) is 5.00 Å². The zero-order valence-corrected chi connectivity index (χ0v) is 14.6. The number of hydrogen-bond donors (Lipinski definition) is 1. The molecule has 0 saturated heterocycles. The van der Waals surface area contributed by atoms with Crippen LogP contribution < -0.4 is 5.32 Å². The first kappa shape index (κ1) is 16.5. The lowest BCUT2D eigenvalue weighted by Gasteiger charge is -2.03. The lowest BCUT2D eigenvalue weighted by atomic mass is 10.2. The van der Waals surface area contributed by atoms with Crippen molar-refractivity contribution >= 4 is 34.1 Å². The van der Waals surface area contributed by atoms with E-state index in [0.717, 1.165) is 5.56 Å². The van der Waals surface area contributed by atoms with E-state index in [1.54, 1.807) is 32.3 Å². The van der Waals surface area contributed by atoms with E-state index < -0.39 is 5.97 Å². The maximum Gasteiger partial charge on any atom is 0.343 e. The fourth-order valence-corrected chi connectivity index (χ4v) is 2.96. The molecule has 24 heavy (non-hydrogen) atoms. The summed E-state index contributed by atoms with van der Waals surface area (Å²) >= 11 is 7.08. The Labute approximate surface area is 147 Å². The second-order valence-electron chi connectivity index (χ2n) is 4.92. The number of carbonyl (C=O) groups excluding carboxylic acids is 1. The quantitative estimate of drug-likeness (QED) is 0.686. The van der Waals surface area contributed by atoms with Crippen molar-refractivity contribution < 1.29 is 13.9 Å². The first-order chi connectivity index (χ1) is 11.6. The van der Waals surface area contributed by atoms with E-state index in [0.29, 0.717) is 32.9 Å². The van der Waals surface area contributed by atoms with Crippen LogP contribution in [0.15, 0.2) is 34.9 Å². The number of halogens is 1. The molecule has 6 nitrogen and oxygen atoms in total. The number of nitrogens with one attached hydrogen (secondary N) is 1. The molecule has 0 unspecified atom stereocenters. The van der Waals surface area contributed by atoms with Gasteiger partial charge in [0.05, 0.1) is 11.9 Å². The first-order valence-corrected chi connectivity index (χ1v) is 8.25. The van der Waals surface area contributed by atoms with Gasteiger partial charge in [0.1, 0.15) is 10.6 Å². The van der Waals surface area contributed by atoms with Crippen molar-refractivity contribution in [3.63, 3.8) is 0 Å². The first-order valence-electron chi connectivity index (χ1n) is 7.10. The molecule has 2 heterocycles. The highest BCUT2D eigenvalue weighted by atomic mass is 35.5. The van der Waals surface area contributed by atoms with Gasteiger partial charge in [0.2, 0.25) is 5.89 Å². The van der Waals surface area contributed by atoms with Gasteiger partial charge in [-0.2, -0.15) is 4.37 Å². The predicted octanol–water partition coefficient (Wildman–Crippen LogP) is 4.16. The summed E-state index contributed by atoms with van der Waals surface area (Å²) in [5, 5.41) is 4.25. The van der Waals surface area contributed by atoms with Crippen LogP contribution in [0, 0.1) is 6.92 Å². The van der Waals surface area contributed by atoms with Crippen molar-refractivity contribution in [2.45, 2.75) is 13.5 Å². The van der Waals surface area contributed by atoms with Crippen molar-refractivity contribution in [1.29, 1.82) is 0 Å². The Morgan fingerprint density at radius 3 is 2.83 bits per heavy atom. The van der Waals surface area contributed by atoms with Gasteiger partial charge < -0.3 is 14.5 Å². The number of aromatic nitrogens is 2. The molecule has 0 amide bonds. The van der Waals surface area contributed by atoms with Crippen molar-refractivity contribution in [2.24, 2.45) is 0 Å². The number of benzene rings is 1. The highest BCUT2D eigenvalue weighted by Crippen LogP contribution is 2.26. The average Bonchev–Trinajstić information content (AvgIpc) is 3.20. The number of carbonyl (C=O) groups is 1. The molecule has 0 aliphatic carbocycles. The minimum Gasteiger partial charge on any atom is -0.452 e. The summed E-state index contributed by atoms with van der Waals surface area (Å²) in [5.41, 5.74) is 1.91. The van der Waals surface area contributed by atoms with Gasteiger partial charge in [-0.05, 0) is 42.7 Å². The van der Waals surface area contributed by atoms with Crippen LogP contribution in [0.2, 0.25) is 5.02 Å². The zero-order valence-electron chi connectivity index (χ0n) is 13.0. The number of oxazole rings is 1. The molecule has 0 radical (unpaired) electrons. The van der Waals surface area contributed by atoms with Gasteiger partial charge >= 0.3 is 5.97 Å². The fourth-order valence-electron chi connectivity index (χ4n) is 2.10. The third kappa shape index (κ3) is 3.42. The van der Waals surface area contributed by atoms with Crippen LogP contribution in [0.5, 0.6) is 0 Å². The molecule has 1 N–H and O–H groups in total. The molecule has 1 aromatic carbocycles. The van der Waals surface area contributed by atoms with E-state index in [-0.39, 0.29) is 6.61 Å². The highest BCUT2D eigenvalue weighted by molar-refractivity contribution is 7.10. The lowest BCUT2D eigenvalue weighted by Crippen LogP contribution is -2.08. The van der Waals surface area contributed by atoms with Crippen LogP contribution in [0.3, 0.4) is 0 Å². The molecule has 2 aromatic heterocycles. The third-order valence-corrected chi connectivity index (χ3v) is 4.51. The lowest BCUT2D eigenvalue weighted by molar-refractivity contribution is 0.0439. The van der Waals surface area contributed by atoms with Gasteiger partial charge in [-0.3, -0.25) is 0 Å². The summed E-state index contributed by atoms with van der Waals surface area (Å²) in [6.07, 6.45) is 1.59. The number of esters is 1. The Kier molecular flexibility index (Phi) is 4.82. The molecule has 3 aromatic rings. The normalized spacial score (nSPS) is 10.6. The van der Waals surface area contributed by atoms with E-state index >= 15 is 0 Å². The van der Waals surface area contributed by atoms with Crippen molar-refractivity contribution in [1.82, 2.24) is 9.36 Å². The Morgan fingerprint density at radius 2 is 2.12 bits per heavy atom. The minimum atomic E-state index is -0.461. The van der Waals surface area contributed by atoms with Gasteiger partial charge in [0.15, 0.2) is 12.4 Å². The molecular weight excluding hydrogens is 350 g/mol. The van der Waals surface area contributed by atoms with Crippen LogP contribution in [-0.4, -0.2) is 22.4 Å². The van der Waals surface area contributed by atoms with Gasteiger partial charge in [0.25, 0.3) is 0 Å². The topological polar surface area (TPSA) is 77.2 Å². The van der Waals surface area contributed by atoms with Gasteiger partial charge in [-0.15, -0.1) is 0 Å². The molecule has 0 fully saturated rings. The highest BCUT2D eigenvalue weighted by Gasteiger charge is 2.20. The van der Waals surface area contributed by atoms with E-state index in [1.807, 2.05) is 12.1 Å². The number of rotatable bonds is 5. The minimum absolute atomic E-state index is 0.0507. The van der Waals surface area contributed by atoms with Crippen LogP contribution in [-0.2, 0) is 11.3 Å². The second kappa shape index (κ2) is 7.02. The molecule has 124 valence electrons. The molecule has 0 aliphatic rings. The van der Waals surface area contributed by atoms with Crippen LogP contribution >= 0.6 is 23.1 Å². The summed E-state index contributed by atoms with van der Waals surface area (Å²) in [4.78, 5) is 16.3. The molecule has 8 heteroatoms. The zero-order chi connectivity index (χ0) is 17.1. The van der Waals surface area contributed by atoms with E-state index in [9.17, 15) is 4.79 Å². The molecule has 0 aliphatic heterocycles. The predicted molar refractivity (Wildman–Crippen MR) is 92.5 cm³/mol. The monoisotopic (exact) mass is 363 g/mol. The SMILES string of the molecule is CNc1snc(C)c1C(=O)OCc1ncc(-c2ccc(Cl)cc2)o1. The summed E-state index contributed by atoms with van der Waals surface area (Å²) in [6, 6.07) is 7.20. The van der Waals surface area contributed by atoms with Crippen molar-refractivity contribution in [2.75, 3.05) is 12.4 Å². The summed E-state index contributed by atoms with van der Waals surface area (Å²) in [6.45, 7) is 1.71. The largest absolute Gasteiger partial charge is 0.452 e. The van der Waals surface area contributed by atoms with Crippen LogP contribution in [0.25, 0.3) is 11.3 Å². The van der Waals surface area contributed by atoms with Crippen molar-refractivity contribution in [3.05, 3.63) is 52.6 Å². The second-order valence-corrected chi connectivity index (χ2v) is 6.13. The van der Waals surface area contributed by atoms with E-state index in [1.165, 1.54) is 11.5 Å². The molecule has 3 rings (SSSR count). The smallest absolute Gasteiger partial charge is 0.343 e. The molecular formula is C16H14ClN3O3S. The van der Waals surface area contributed by atoms with Crippen molar-refractivity contribution in [3.8, 4) is 11.3 Å². The third-order valence-electron chi connectivity index (χ3n) is 3.30. The summed E-state index contributed by atoms with van der Waals surface area (Å²) < 4.78 is 15.0. The van der Waals surface area contributed by atoms with Crippen LogP contribution in [0.1, 0.15) is 21.9 Å². The number of nitrogens with zero attached hydrogens (tertiary/aromatic N) is 2. The maximum absolute atomic E-state index is 12.2. The maximum atomic E-state index is 12.2. The van der Waals surface area contributed by atoms with Gasteiger partial charge in [0, 0.05) is 17.6 Å². The number of ether oxygens (including phenoxy) is 1. The average molecular weight is 364 g/mol. The van der Waals surface area contributed by atoms with Gasteiger partial charge in [-0.25, -0.2) is 9.78 Å². The Morgan fingerprint density at radius 1 is 1.38 bits per heavy atom. The summed E-state index contributed by atoms with van der Waals surface area (Å²) in [7, 11) is 1.73. The number of aryl methyl sites for hydroxylation is 1. The van der Waals surface area contributed by atoms with E-state index in [2.05, 4.69) is 14.7 Å². The van der Waals surface area contributed by atoms with Gasteiger partial charge in [-0.1, -0.05) is 11.6 Å².